The van der Waals surface area contributed by atoms with Crippen molar-refractivity contribution in [1.82, 2.24) is 24.5 Å². The molecule has 1 aliphatic rings. The first-order chi connectivity index (χ1) is 17.9. The maximum atomic E-state index is 14.0. The number of hydrogen-bond acceptors (Lipinski definition) is 7. The standard InChI is InChI=1S/C28H25FN6OS/c1-28(2)16-37-27-32-23-25(33-24(34-26(23)35(27)28)19-13-20(29)15-30-14-19)31-11-10-17-8-9-22(36)21(12-17)18-6-4-3-5-7-18/h3-9,12-15,36H,10-11,16H2,1-2H3,(H,31,33,34). The van der Waals surface area contributed by atoms with Gasteiger partial charge in [0.25, 0.3) is 0 Å². The average molecular weight is 513 g/mol. The molecule has 2 aromatic carbocycles. The smallest absolute Gasteiger partial charge is 0.171 e. The van der Waals surface area contributed by atoms with Gasteiger partial charge in [-0.15, -0.1) is 0 Å². The molecule has 37 heavy (non-hydrogen) atoms. The summed E-state index contributed by atoms with van der Waals surface area (Å²) in [5.41, 5.74) is 4.61. The van der Waals surface area contributed by atoms with E-state index in [2.05, 4.69) is 28.7 Å². The lowest BCUT2D eigenvalue weighted by atomic mass is 10.0. The predicted octanol–water partition coefficient (Wildman–Crippen LogP) is 5.90. The van der Waals surface area contributed by atoms with Gasteiger partial charge >= 0.3 is 0 Å². The van der Waals surface area contributed by atoms with Gasteiger partial charge in [-0.1, -0.05) is 48.2 Å². The molecule has 3 aromatic heterocycles. The molecule has 7 nitrogen and oxygen atoms in total. The van der Waals surface area contributed by atoms with Crippen molar-refractivity contribution in [1.29, 1.82) is 0 Å². The predicted molar refractivity (Wildman–Crippen MR) is 144 cm³/mol. The highest BCUT2D eigenvalue weighted by Crippen LogP contribution is 2.41. The third-order valence-corrected chi connectivity index (χ3v) is 7.83. The van der Waals surface area contributed by atoms with Crippen LogP contribution in [0.5, 0.6) is 5.75 Å². The minimum Gasteiger partial charge on any atom is -0.507 e. The Bertz CT molecular complexity index is 1620. The van der Waals surface area contributed by atoms with Crippen molar-refractivity contribution in [3.05, 3.63) is 78.4 Å². The maximum Gasteiger partial charge on any atom is 0.171 e. The molecule has 0 radical (unpaired) electrons. The Morgan fingerprint density at radius 1 is 1.03 bits per heavy atom. The zero-order valence-electron chi connectivity index (χ0n) is 20.4. The summed E-state index contributed by atoms with van der Waals surface area (Å²) in [7, 11) is 0. The number of benzene rings is 2. The van der Waals surface area contributed by atoms with Gasteiger partial charge in [0.05, 0.1) is 11.7 Å². The third-order valence-electron chi connectivity index (χ3n) is 6.45. The lowest BCUT2D eigenvalue weighted by Gasteiger charge is -2.20. The molecule has 186 valence electrons. The number of nitrogens with zero attached hydrogens (tertiary/aromatic N) is 5. The first-order valence-electron chi connectivity index (χ1n) is 12.0. The molecule has 0 unspecified atom stereocenters. The van der Waals surface area contributed by atoms with Crippen LogP contribution < -0.4 is 5.32 Å². The first kappa shape index (κ1) is 23.4. The van der Waals surface area contributed by atoms with Crippen LogP contribution in [0.3, 0.4) is 0 Å². The molecule has 0 atom stereocenters. The number of hydrogen-bond donors (Lipinski definition) is 2. The van der Waals surface area contributed by atoms with Gasteiger partial charge in [0, 0.05) is 29.6 Å². The van der Waals surface area contributed by atoms with Crippen molar-refractivity contribution in [3.63, 3.8) is 0 Å². The Labute approximate surface area is 217 Å². The van der Waals surface area contributed by atoms with E-state index in [0.717, 1.165) is 33.2 Å². The van der Waals surface area contributed by atoms with Crippen molar-refractivity contribution in [2.75, 3.05) is 17.6 Å². The number of phenolic OH excluding ortho intramolecular Hbond substituents is 1. The van der Waals surface area contributed by atoms with Crippen LogP contribution >= 0.6 is 11.8 Å². The van der Waals surface area contributed by atoms with Crippen LogP contribution in [0.1, 0.15) is 19.4 Å². The number of fused-ring (bicyclic) bond motifs is 3. The average Bonchev–Trinajstić information content (AvgIpc) is 3.42. The van der Waals surface area contributed by atoms with Gasteiger partial charge in [0.2, 0.25) is 0 Å². The Morgan fingerprint density at radius 2 is 1.86 bits per heavy atom. The van der Waals surface area contributed by atoms with E-state index in [1.807, 2.05) is 42.5 Å². The molecule has 0 saturated carbocycles. The summed E-state index contributed by atoms with van der Waals surface area (Å²) in [6.07, 6.45) is 3.44. The Balaban J connectivity index is 1.33. The molecule has 0 saturated heterocycles. The van der Waals surface area contributed by atoms with Gasteiger partial charge < -0.3 is 10.4 Å². The molecule has 0 spiro atoms. The molecule has 9 heteroatoms. The van der Waals surface area contributed by atoms with E-state index in [1.54, 1.807) is 24.0 Å². The second kappa shape index (κ2) is 9.15. The number of rotatable bonds is 6. The fraction of sp³-hybridized carbons (Fsp3) is 0.214. The van der Waals surface area contributed by atoms with E-state index in [9.17, 15) is 9.50 Å². The maximum absolute atomic E-state index is 14.0. The zero-order chi connectivity index (χ0) is 25.6. The van der Waals surface area contributed by atoms with Gasteiger partial charge in [-0.2, -0.15) is 0 Å². The van der Waals surface area contributed by atoms with Gasteiger partial charge in [-0.25, -0.2) is 19.3 Å². The fourth-order valence-corrected chi connectivity index (χ4v) is 5.82. The number of halogens is 1. The van der Waals surface area contributed by atoms with Crippen LogP contribution in [-0.4, -0.2) is 41.9 Å². The van der Waals surface area contributed by atoms with Crippen molar-refractivity contribution >= 4 is 28.7 Å². The van der Waals surface area contributed by atoms with Gasteiger partial charge in [-0.3, -0.25) is 9.55 Å². The molecule has 0 aliphatic carbocycles. The highest BCUT2D eigenvalue weighted by Gasteiger charge is 2.35. The summed E-state index contributed by atoms with van der Waals surface area (Å²) in [6, 6.07) is 16.9. The van der Waals surface area contributed by atoms with Crippen molar-refractivity contribution in [3.8, 4) is 28.3 Å². The Kier molecular flexibility index (Phi) is 5.79. The van der Waals surface area contributed by atoms with E-state index in [1.165, 1.54) is 12.3 Å². The van der Waals surface area contributed by atoms with Gasteiger partial charge in [-0.05, 0) is 49.6 Å². The van der Waals surface area contributed by atoms with E-state index in [4.69, 9.17) is 15.0 Å². The van der Waals surface area contributed by atoms with Crippen LogP contribution in [0.2, 0.25) is 0 Å². The third kappa shape index (κ3) is 4.40. The summed E-state index contributed by atoms with van der Waals surface area (Å²) in [4.78, 5) is 18.4. The second-order valence-electron chi connectivity index (χ2n) is 9.69. The number of nitrogens with one attached hydrogen (secondary N) is 1. The van der Waals surface area contributed by atoms with Crippen LogP contribution in [0.4, 0.5) is 10.2 Å². The number of phenols is 1. The molecule has 0 amide bonds. The minimum atomic E-state index is -0.438. The summed E-state index contributed by atoms with van der Waals surface area (Å²) in [5.74, 6) is 1.71. The SMILES string of the molecule is CC1(C)CSc2nc3c(NCCc4ccc(O)c(-c5ccccc5)c4)nc(-c4cncc(F)c4)nc3n21. The molecule has 2 N–H and O–H groups in total. The van der Waals surface area contributed by atoms with E-state index >= 15 is 0 Å². The second-order valence-corrected chi connectivity index (χ2v) is 10.6. The Morgan fingerprint density at radius 3 is 2.68 bits per heavy atom. The molecule has 4 heterocycles. The molecular weight excluding hydrogens is 487 g/mol. The topological polar surface area (TPSA) is 88.8 Å². The number of thioether (sulfide) groups is 1. The molecule has 6 rings (SSSR count). The lowest BCUT2D eigenvalue weighted by Crippen LogP contribution is -2.24. The monoisotopic (exact) mass is 512 g/mol. The van der Waals surface area contributed by atoms with Crippen molar-refractivity contribution < 1.29 is 9.50 Å². The number of aromatic hydroxyl groups is 1. The molecule has 0 bridgehead atoms. The lowest BCUT2D eigenvalue weighted by molar-refractivity contribution is 0.404. The highest BCUT2D eigenvalue weighted by atomic mass is 32.2. The summed E-state index contributed by atoms with van der Waals surface area (Å²) >= 11 is 1.70. The number of aromatic nitrogens is 5. The largest absolute Gasteiger partial charge is 0.507 e. The van der Waals surface area contributed by atoms with E-state index in [-0.39, 0.29) is 11.3 Å². The summed E-state index contributed by atoms with van der Waals surface area (Å²) < 4.78 is 16.1. The number of imidazole rings is 1. The number of pyridine rings is 1. The molecule has 5 aromatic rings. The number of anilines is 1. The van der Waals surface area contributed by atoms with E-state index < -0.39 is 5.82 Å². The van der Waals surface area contributed by atoms with Crippen LogP contribution in [0.15, 0.2) is 72.1 Å². The van der Waals surface area contributed by atoms with Gasteiger partial charge in [0.1, 0.15) is 11.6 Å². The van der Waals surface area contributed by atoms with Gasteiger partial charge in [0.15, 0.2) is 28.0 Å². The fourth-order valence-electron chi connectivity index (χ4n) is 4.59. The molecule has 1 aliphatic heterocycles. The molecular formula is C28H25FN6OS. The Hall–Kier alpha value is -3.98. The first-order valence-corrected chi connectivity index (χ1v) is 13.0. The highest BCUT2D eigenvalue weighted by molar-refractivity contribution is 7.99. The normalized spacial score (nSPS) is 14.1. The summed E-state index contributed by atoms with van der Waals surface area (Å²) in [6.45, 7) is 4.90. The van der Waals surface area contributed by atoms with Crippen LogP contribution in [0.25, 0.3) is 33.7 Å². The van der Waals surface area contributed by atoms with Crippen LogP contribution in [0, 0.1) is 5.82 Å². The minimum absolute atomic E-state index is 0.155. The zero-order valence-corrected chi connectivity index (χ0v) is 21.3. The van der Waals surface area contributed by atoms with E-state index in [0.29, 0.717) is 35.7 Å². The quantitative estimate of drug-likeness (QED) is 0.293. The van der Waals surface area contributed by atoms with Crippen molar-refractivity contribution in [2.45, 2.75) is 31.0 Å². The molecule has 0 fully saturated rings. The van der Waals surface area contributed by atoms with Crippen molar-refractivity contribution in [2.24, 2.45) is 0 Å². The van der Waals surface area contributed by atoms with Crippen LogP contribution in [-0.2, 0) is 12.0 Å². The summed E-state index contributed by atoms with van der Waals surface area (Å²) in [5, 5.41) is 14.7.